The summed E-state index contributed by atoms with van der Waals surface area (Å²) in [6.45, 7) is 4.17. The van der Waals surface area contributed by atoms with Gasteiger partial charge in [0.2, 0.25) is 0 Å². The van der Waals surface area contributed by atoms with E-state index >= 15 is 0 Å². The fourth-order valence-electron chi connectivity index (χ4n) is 2.66. The fraction of sp³-hybridized carbons (Fsp3) is 0.267. The molecule has 0 atom stereocenters. The van der Waals surface area contributed by atoms with Crippen LogP contribution in [0.3, 0.4) is 0 Å². The first-order chi connectivity index (χ1) is 10.3. The SMILES string of the molecule is Clc1ccc(-c2cn3ccc(N4CCNCC4)cc3n2)s1. The van der Waals surface area contributed by atoms with Crippen LogP contribution in [0.5, 0.6) is 0 Å². The summed E-state index contributed by atoms with van der Waals surface area (Å²) in [5, 5.41) is 3.38. The van der Waals surface area contributed by atoms with Gasteiger partial charge in [0.05, 0.1) is 14.9 Å². The third-order valence-corrected chi connectivity index (χ3v) is 5.01. The van der Waals surface area contributed by atoms with Gasteiger partial charge in [0.25, 0.3) is 0 Å². The highest BCUT2D eigenvalue weighted by Crippen LogP contribution is 2.31. The molecule has 1 aliphatic heterocycles. The van der Waals surface area contributed by atoms with E-state index in [4.69, 9.17) is 16.6 Å². The minimum absolute atomic E-state index is 0.795. The van der Waals surface area contributed by atoms with Crippen LogP contribution in [0.2, 0.25) is 4.34 Å². The molecule has 0 unspecified atom stereocenters. The number of aromatic nitrogens is 2. The maximum Gasteiger partial charge on any atom is 0.139 e. The summed E-state index contributed by atoms with van der Waals surface area (Å²) in [5.74, 6) is 0. The maximum absolute atomic E-state index is 6.01. The molecule has 1 saturated heterocycles. The molecule has 1 aliphatic rings. The number of thiophene rings is 1. The predicted molar refractivity (Wildman–Crippen MR) is 88.6 cm³/mol. The van der Waals surface area contributed by atoms with Gasteiger partial charge in [0.1, 0.15) is 5.65 Å². The molecule has 4 nitrogen and oxygen atoms in total. The highest BCUT2D eigenvalue weighted by Gasteiger charge is 2.12. The summed E-state index contributed by atoms with van der Waals surface area (Å²) < 4.78 is 2.86. The summed E-state index contributed by atoms with van der Waals surface area (Å²) in [4.78, 5) is 8.22. The zero-order chi connectivity index (χ0) is 14.2. The van der Waals surface area contributed by atoms with Crippen molar-refractivity contribution in [3.63, 3.8) is 0 Å². The summed E-state index contributed by atoms with van der Waals surface area (Å²) in [7, 11) is 0. The number of hydrogen-bond donors (Lipinski definition) is 1. The largest absolute Gasteiger partial charge is 0.369 e. The molecule has 1 N–H and O–H groups in total. The van der Waals surface area contributed by atoms with Crippen molar-refractivity contribution in [2.75, 3.05) is 31.1 Å². The van der Waals surface area contributed by atoms with E-state index in [1.54, 1.807) is 11.3 Å². The smallest absolute Gasteiger partial charge is 0.139 e. The van der Waals surface area contributed by atoms with Crippen molar-refractivity contribution < 1.29 is 0 Å². The first-order valence-corrected chi connectivity index (χ1v) is 8.19. The van der Waals surface area contributed by atoms with Crippen molar-refractivity contribution in [1.29, 1.82) is 0 Å². The zero-order valence-corrected chi connectivity index (χ0v) is 13.0. The molecule has 0 amide bonds. The summed E-state index contributed by atoms with van der Waals surface area (Å²) in [5.41, 5.74) is 3.19. The number of halogens is 1. The van der Waals surface area contributed by atoms with Crippen LogP contribution in [0.1, 0.15) is 0 Å². The van der Waals surface area contributed by atoms with Crippen LogP contribution >= 0.6 is 22.9 Å². The van der Waals surface area contributed by atoms with Crippen molar-refractivity contribution in [2.45, 2.75) is 0 Å². The highest BCUT2D eigenvalue weighted by molar-refractivity contribution is 7.19. The quantitative estimate of drug-likeness (QED) is 0.788. The zero-order valence-electron chi connectivity index (χ0n) is 11.4. The Bertz CT molecular complexity index is 773. The first kappa shape index (κ1) is 13.1. The summed E-state index contributed by atoms with van der Waals surface area (Å²) >= 11 is 7.57. The van der Waals surface area contributed by atoms with Crippen LogP contribution < -0.4 is 10.2 Å². The van der Waals surface area contributed by atoms with Gasteiger partial charge in [-0.3, -0.25) is 0 Å². The van der Waals surface area contributed by atoms with Gasteiger partial charge in [-0.2, -0.15) is 0 Å². The van der Waals surface area contributed by atoms with Crippen LogP contribution in [-0.2, 0) is 0 Å². The molecule has 0 bridgehead atoms. The average molecular weight is 319 g/mol. The molecule has 3 aromatic heterocycles. The Morgan fingerprint density at radius 1 is 1.19 bits per heavy atom. The van der Waals surface area contributed by atoms with Crippen LogP contribution in [0.25, 0.3) is 16.2 Å². The van der Waals surface area contributed by atoms with E-state index < -0.39 is 0 Å². The molecule has 0 aliphatic carbocycles. The van der Waals surface area contributed by atoms with Crippen molar-refractivity contribution in [2.24, 2.45) is 0 Å². The predicted octanol–water partition coefficient (Wildman–Crippen LogP) is 3.13. The minimum atomic E-state index is 0.795. The van der Waals surface area contributed by atoms with Crippen LogP contribution in [0.4, 0.5) is 5.69 Å². The average Bonchev–Trinajstić information content (AvgIpc) is 3.13. The standard InChI is InChI=1S/C15H15ClN4S/c16-14-2-1-13(21-14)12-10-20-6-3-11(9-15(20)18-12)19-7-4-17-5-8-19/h1-3,6,9-10,17H,4-5,7-8H2. The fourth-order valence-corrected chi connectivity index (χ4v) is 3.66. The molecule has 0 saturated carbocycles. The van der Waals surface area contributed by atoms with Gasteiger partial charge in [-0.05, 0) is 18.2 Å². The number of rotatable bonds is 2. The second-order valence-corrected chi connectivity index (χ2v) is 6.83. The van der Waals surface area contributed by atoms with Crippen molar-refractivity contribution in [3.8, 4) is 10.6 Å². The molecule has 3 aromatic rings. The molecule has 0 aromatic carbocycles. The van der Waals surface area contributed by atoms with Gasteiger partial charge < -0.3 is 14.6 Å². The van der Waals surface area contributed by atoms with Crippen molar-refractivity contribution in [1.82, 2.24) is 14.7 Å². The van der Waals surface area contributed by atoms with E-state index in [9.17, 15) is 0 Å². The Morgan fingerprint density at radius 2 is 2.05 bits per heavy atom. The molecule has 21 heavy (non-hydrogen) atoms. The Morgan fingerprint density at radius 3 is 2.81 bits per heavy atom. The van der Waals surface area contributed by atoms with Crippen LogP contribution in [0, 0.1) is 0 Å². The van der Waals surface area contributed by atoms with Crippen LogP contribution in [-0.4, -0.2) is 35.6 Å². The van der Waals surface area contributed by atoms with Gasteiger partial charge in [-0.15, -0.1) is 11.3 Å². The number of fused-ring (bicyclic) bond motifs is 1. The monoisotopic (exact) mass is 318 g/mol. The van der Waals surface area contributed by atoms with Crippen LogP contribution in [0.15, 0.2) is 36.7 Å². The molecule has 0 radical (unpaired) electrons. The number of nitrogens with zero attached hydrogens (tertiary/aromatic N) is 3. The van der Waals surface area contributed by atoms with E-state index in [-0.39, 0.29) is 0 Å². The lowest BCUT2D eigenvalue weighted by Crippen LogP contribution is -2.43. The highest BCUT2D eigenvalue weighted by atomic mass is 35.5. The Labute approximate surface area is 132 Å². The van der Waals surface area contributed by atoms with Gasteiger partial charge in [0, 0.05) is 50.3 Å². The second kappa shape index (κ2) is 5.33. The lowest BCUT2D eigenvalue weighted by atomic mass is 10.3. The Balaban J connectivity index is 1.71. The Hall–Kier alpha value is -1.56. The molecular formula is C15H15ClN4S. The van der Waals surface area contributed by atoms with Gasteiger partial charge in [0.15, 0.2) is 0 Å². The molecule has 108 valence electrons. The van der Waals surface area contributed by atoms with Gasteiger partial charge >= 0.3 is 0 Å². The number of pyridine rings is 1. The van der Waals surface area contributed by atoms with E-state index in [0.29, 0.717) is 0 Å². The van der Waals surface area contributed by atoms with E-state index in [1.165, 1.54) is 5.69 Å². The van der Waals surface area contributed by atoms with E-state index in [2.05, 4.69) is 39.1 Å². The normalized spacial score (nSPS) is 15.8. The topological polar surface area (TPSA) is 32.6 Å². The molecule has 1 fully saturated rings. The number of nitrogens with one attached hydrogen (secondary N) is 1. The van der Waals surface area contributed by atoms with Crippen molar-refractivity contribution >= 4 is 34.3 Å². The number of piperazine rings is 1. The lowest BCUT2D eigenvalue weighted by Gasteiger charge is -2.29. The lowest BCUT2D eigenvalue weighted by molar-refractivity contribution is 0.589. The van der Waals surface area contributed by atoms with Crippen molar-refractivity contribution in [3.05, 3.63) is 41.0 Å². The molecule has 0 spiro atoms. The molecule has 4 rings (SSSR count). The van der Waals surface area contributed by atoms with Gasteiger partial charge in [-0.25, -0.2) is 4.98 Å². The molecule has 6 heteroatoms. The van der Waals surface area contributed by atoms with E-state index in [0.717, 1.165) is 46.7 Å². The first-order valence-electron chi connectivity index (χ1n) is 7.00. The Kier molecular flexibility index (Phi) is 3.33. The number of hydrogen-bond acceptors (Lipinski definition) is 4. The third kappa shape index (κ3) is 2.52. The number of anilines is 1. The molecular weight excluding hydrogens is 304 g/mol. The summed E-state index contributed by atoms with van der Waals surface area (Å²) in [6.07, 6.45) is 4.14. The third-order valence-electron chi connectivity index (χ3n) is 3.75. The second-order valence-electron chi connectivity index (χ2n) is 5.12. The number of imidazole rings is 1. The van der Waals surface area contributed by atoms with E-state index in [1.807, 2.05) is 12.1 Å². The minimum Gasteiger partial charge on any atom is -0.369 e. The maximum atomic E-state index is 6.01. The van der Waals surface area contributed by atoms with Gasteiger partial charge in [-0.1, -0.05) is 11.6 Å². The molecule has 4 heterocycles. The summed E-state index contributed by atoms with van der Waals surface area (Å²) in [6, 6.07) is 8.25.